The number of hydrogen-bond acceptors (Lipinski definition) is 3. The lowest BCUT2D eigenvalue weighted by Crippen LogP contribution is -1.91. The fraction of sp³-hybridized carbons (Fsp3) is 0.125. The smallest absolute Gasteiger partial charge is 0.188 e. The van der Waals surface area contributed by atoms with E-state index in [4.69, 9.17) is 5.11 Å². The molecule has 0 aliphatic carbocycles. The van der Waals surface area contributed by atoms with E-state index in [0.717, 1.165) is 9.47 Å². The normalized spacial score (nSPS) is 10.9. The van der Waals surface area contributed by atoms with Gasteiger partial charge in [0.1, 0.15) is 0 Å². The third kappa shape index (κ3) is 1.30. The lowest BCUT2D eigenvalue weighted by molar-refractivity contribution is 0.283. The van der Waals surface area contributed by atoms with Crippen LogP contribution < -0.4 is 0 Å². The summed E-state index contributed by atoms with van der Waals surface area (Å²) in [4.78, 5) is 0. The minimum atomic E-state index is -0.108. The Bertz CT molecular complexity index is 429. The van der Waals surface area contributed by atoms with Crippen molar-refractivity contribution in [1.82, 2.24) is 9.19 Å². The second kappa shape index (κ2) is 3.35. The van der Waals surface area contributed by atoms with Crippen LogP contribution in [0.1, 0.15) is 5.56 Å². The van der Waals surface area contributed by atoms with Crippen LogP contribution in [0.5, 0.6) is 0 Å². The quantitative estimate of drug-likeness (QED) is 0.801. The van der Waals surface area contributed by atoms with Crippen molar-refractivity contribution in [3.63, 3.8) is 0 Å². The van der Waals surface area contributed by atoms with Gasteiger partial charge in [-0.15, -0.1) is 3.89 Å². The summed E-state index contributed by atoms with van der Waals surface area (Å²) in [7, 11) is 0. The first-order valence-corrected chi connectivity index (χ1v) is 4.39. The SMILES string of the molecule is OCc1cccc2cnn(SF)c12. The van der Waals surface area contributed by atoms with E-state index in [2.05, 4.69) is 5.10 Å². The Labute approximate surface area is 78.6 Å². The molecule has 0 saturated heterocycles. The fourth-order valence-electron chi connectivity index (χ4n) is 1.30. The van der Waals surface area contributed by atoms with Crippen LogP contribution in [0.15, 0.2) is 24.4 Å². The largest absolute Gasteiger partial charge is 0.392 e. The third-order valence-corrected chi connectivity index (χ3v) is 2.29. The highest BCUT2D eigenvalue weighted by molar-refractivity contribution is 7.92. The van der Waals surface area contributed by atoms with Gasteiger partial charge in [0.15, 0.2) is 12.3 Å². The Morgan fingerprint density at radius 3 is 3.08 bits per heavy atom. The van der Waals surface area contributed by atoms with Crippen molar-refractivity contribution in [1.29, 1.82) is 0 Å². The van der Waals surface area contributed by atoms with Crippen LogP contribution in [0.25, 0.3) is 10.9 Å². The lowest BCUT2D eigenvalue weighted by Gasteiger charge is -2.00. The van der Waals surface area contributed by atoms with E-state index in [1.54, 1.807) is 12.3 Å². The molecule has 2 rings (SSSR count). The Kier molecular flexibility index (Phi) is 2.20. The van der Waals surface area contributed by atoms with E-state index in [1.165, 1.54) is 0 Å². The van der Waals surface area contributed by atoms with Crippen molar-refractivity contribution in [2.24, 2.45) is 0 Å². The van der Waals surface area contributed by atoms with Gasteiger partial charge in [0.2, 0.25) is 0 Å². The number of nitrogens with zero attached hydrogens (tertiary/aromatic N) is 2. The van der Waals surface area contributed by atoms with Gasteiger partial charge in [-0.2, -0.15) is 9.19 Å². The molecular weight excluding hydrogens is 191 g/mol. The molecule has 5 heteroatoms. The lowest BCUT2D eigenvalue weighted by atomic mass is 10.1. The van der Waals surface area contributed by atoms with Gasteiger partial charge < -0.3 is 5.11 Å². The third-order valence-electron chi connectivity index (χ3n) is 1.88. The summed E-state index contributed by atoms with van der Waals surface area (Å²) in [5.41, 5.74) is 1.32. The van der Waals surface area contributed by atoms with Crippen molar-refractivity contribution >= 4 is 23.2 Å². The van der Waals surface area contributed by atoms with Gasteiger partial charge in [0.05, 0.1) is 18.3 Å². The number of rotatable bonds is 2. The van der Waals surface area contributed by atoms with E-state index in [0.29, 0.717) is 11.1 Å². The van der Waals surface area contributed by atoms with Crippen molar-refractivity contribution in [2.75, 3.05) is 0 Å². The first-order valence-electron chi connectivity index (χ1n) is 3.72. The molecule has 2 aromatic rings. The van der Waals surface area contributed by atoms with Gasteiger partial charge in [-0.05, 0) is 0 Å². The molecule has 0 atom stereocenters. The van der Waals surface area contributed by atoms with Crippen molar-refractivity contribution in [2.45, 2.75) is 6.61 Å². The summed E-state index contributed by atoms with van der Waals surface area (Å²) in [5, 5.41) is 13.6. The molecule has 1 heterocycles. The number of aromatic nitrogens is 2. The molecule has 0 aliphatic rings. The van der Waals surface area contributed by atoms with Crippen LogP contribution in [0.3, 0.4) is 0 Å². The highest BCUT2D eigenvalue weighted by atomic mass is 32.2. The monoisotopic (exact) mass is 198 g/mol. The Morgan fingerprint density at radius 1 is 1.54 bits per heavy atom. The topological polar surface area (TPSA) is 38.1 Å². The van der Waals surface area contributed by atoms with Crippen molar-refractivity contribution in [3.05, 3.63) is 30.0 Å². The molecule has 3 nitrogen and oxygen atoms in total. The molecule has 1 aromatic heterocycles. The van der Waals surface area contributed by atoms with Crippen molar-refractivity contribution < 1.29 is 8.99 Å². The van der Waals surface area contributed by atoms with Crippen LogP contribution in [-0.2, 0) is 6.61 Å². The number of aliphatic hydroxyl groups excluding tert-OH is 1. The summed E-state index contributed by atoms with van der Waals surface area (Å²) >= 11 is 0.0289. The molecule has 1 aromatic carbocycles. The fourth-order valence-corrected chi connectivity index (χ4v) is 1.68. The highest BCUT2D eigenvalue weighted by Crippen LogP contribution is 2.22. The van der Waals surface area contributed by atoms with Gasteiger partial charge >= 0.3 is 0 Å². The second-order valence-electron chi connectivity index (χ2n) is 2.60. The van der Waals surface area contributed by atoms with Gasteiger partial charge in [0, 0.05) is 10.9 Å². The predicted molar refractivity (Wildman–Crippen MR) is 49.8 cm³/mol. The average molecular weight is 198 g/mol. The Balaban J connectivity index is 2.76. The van der Waals surface area contributed by atoms with Gasteiger partial charge in [-0.25, -0.2) is 0 Å². The van der Waals surface area contributed by atoms with E-state index in [1.807, 2.05) is 12.1 Å². The van der Waals surface area contributed by atoms with Gasteiger partial charge in [0.25, 0.3) is 0 Å². The second-order valence-corrected chi connectivity index (χ2v) is 3.08. The maximum absolute atomic E-state index is 12.3. The maximum atomic E-state index is 12.3. The number of halogens is 1. The summed E-state index contributed by atoms with van der Waals surface area (Å²) in [6.07, 6.45) is 1.57. The van der Waals surface area contributed by atoms with Crippen LogP contribution >= 0.6 is 12.3 Å². The summed E-state index contributed by atoms with van der Waals surface area (Å²) in [6.45, 7) is -0.108. The first kappa shape index (κ1) is 8.52. The van der Waals surface area contributed by atoms with E-state index in [9.17, 15) is 3.89 Å². The first-order chi connectivity index (χ1) is 6.36. The van der Waals surface area contributed by atoms with E-state index >= 15 is 0 Å². The number of fused-ring (bicyclic) bond motifs is 1. The maximum Gasteiger partial charge on any atom is 0.188 e. The van der Waals surface area contributed by atoms with Crippen LogP contribution in [0, 0.1) is 0 Å². The van der Waals surface area contributed by atoms with Gasteiger partial charge in [-0.1, -0.05) is 18.2 Å². The zero-order valence-electron chi connectivity index (χ0n) is 6.64. The number of hydrogen-bond donors (Lipinski definition) is 1. The van der Waals surface area contributed by atoms with Crippen LogP contribution in [0.2, 0.25) is 0 Å². The zero-order valence-corrected chi connectivity index (χ0v) is 7.46. The zero-order chi connectivity index (χ0) is 9.26. The van der Waals surface area contributed by atoms with E-state index in [-0.39, 0.29) is 18.9 Å². The molecule has 0 aliphatic heterocycles. The van der Waals surface area contributed by atoms with Crippen LogP contribution in [0.4, 0.5) is 3.89 Å². The molecule has 0 bridgehead atoms. The summed E-state index contributed by atoms with van der Waals surface area (Å²) in [5.74, 6) is 0. The number of benzene rings is 1. The predicted octanol–water partition coefficient (Wildman–Crippen LogP) is 1.91. The van der Waals surface area contributed by atoms with Gasteiger partial charge in [-0.3, -0.25) is 0 Å². The molecule has 0 fully saturated rings. The molecule has 0 unspecified atom stereocenters. The Hall–Kier alpha value is -1.07. The van der Waals surface area contributed by atoms with E-state index < -0.39 is 0 Å². The molecule has 1 N–H and O–H groups in total. The molecule has 0 amide bonds. The standard InChI is InChI=1S/C8H7FN2OS/c9-13-11-8-6(4-10-11)2-1-3-7(8)5-12/h1-4,12H,5H2. The molecule has 68 valence electrons. The summed E-state index contributed by atoms with van der Waals surface area (Å²) < 4.78 is 13.5. The minimum Gasteiger partial charge on any atom is -0.392 e. The highest BCUT2D eigenvalue weighted by Gasteiger charge is 2.07. The average Bonchev–Trinajstić information content (AvgIpc) is 2.60. The molecule has 0 radical (unpaired) electrons. The minimum absolute atomic E-state index is 0.0289. The Morgan fingerprint density at radius 2 is 2.38 bits per heavy atom. The molecule has 0 spiro atoms. The molecule has 13 heavy (non-hydrogen) atoms. The van der Waals surface area contributed by atoms with Crippen molar-refractivity contribution in [3.8, 4) is 0 Å². The molecular formula is C8H7FN2OS. The number of aliphatic hydroxyl groups is 1. The molecule has 0 saturated carbocycles. The van der Waals surface area contributed by atoms with Crippen LogP contribution in [-0.4, -0.2) is 14.3 Å². The number of para-hydroxylation sites is 1. The summed E-state index contributed by atoms with van der Waals surface area (Å²) in [6, 6.07) is 5.38.